The Bertz CT molecular complexity index is 4910. The molecule has 736 valence electrons. The van der Waals surface area contributed by atoms with Gasteiger partial charge in [-0.2, -0.15) is 0 Å². The van der Waals surface area contributed by atoms with Gasteiger partial charge in [0, 0.05) is 68.9 Å². The maximum absolute atomic E-state index is 10.2. The van der Waals surface area contributed by atoms with Crippen LogP contribution in [0.25, 0.3) is 0 Å². The van der Waals surface area contributed by atoms with Crippen LogP contribution in [0.3, 0.4) is 0 Å². The van der Waals surface area contributed by atoms with Gasteiger partial charge in [-0.25, -0.2) is 18.7 Å². The zero-order chi connectivity index (χ0) is 98.9. The van der Waals surface area contributed by atoms with Crippen LogP contribution in [0.5, 0.6) is 46.0 Å². The van der Waals surface area contributed by atoms with Gasteiger partial charge in [-0.1, -0.05) is 177 Å². The Balaban J connectivity index is 0.000000203. The first kappa shape index (κ1) is 112. The van der Waals surface area contributed by atoms with E-state index in [0.29, 0.717) is 119 Å². The molecule has 8 atom stereocenters. The van der Waals surface area contributed by atoms with Gasteiger partial charge in [0.25, 0.3) is 0 Å². The largest absolute Gasteiger partial charge is 0.492 e. The Morgan fingerprint density at radius 3 is 0.603 bits per heavy atom. The average molecular weight is 2380 g/mol. The number of aromatic nitrogens is 12. The number of hydrogen-bond donors (Lipinski definition) is 8. The summed E-state index contributed by atoms with van der Waals surface area (Å²) in [5.74, 6) is 9.73. The number of ether oxygens (including phenoxy) is 8. The van der Waals surface area contributed by atoms with Gasteiger partial charge < -0.3 is 78.7 Å². The predicted molar refractivity (Wildman–Crippen MR) is 562 cm³/mol. The van der Waals surface area contributed by atoms with Crippen molar-refractivity contribution in [1.29, 1.82) is 0 Å². The van der Waals surface area contributed by atoms with Crippen LogP contribution >= 0.6 is 137 Å². The molecule has 0 aliphatic rings. The first-order valence-corrected chi connectivity index (χ1v) is 51.0. The van der Waals surface area contributed by atoms with Crippen LogP contribution in [0.2, 0.25) is 0 Å². The molecule has 0 spiro atoms. The summed E-state index contributed by atoms with van der Waals surface area (Å²) >= 11 is 32.8. The molecule has 28 nitrogen and oxygen atoms in total. The van der Waals surface area contributed by atoms with Crippen molar-refractivity contribution in [2.75, 3.05) is 76.4 Å². The number of aliphatic hydroxyl groups excluding tert-OH is 8. The van der Waals surface area contributed by atoms with E-state index in [1.54, 1.807) is 24.8 Å². The molecule has 0 amide bonds. The second kappa shape index (κ2) is 55.0. The summed E-state index contributed by atoms with van der Waals surface area (Å²) in [6.45, 7) is 28.9. The van der Waals surface area contributed by atoms with E-state index in [9.17, 15) is 20.4 Å². The first-order valence-electron chi connectivity index (χ1n) is 44.5. The summed E-state index contributed by atoms with van der Waals surface area (Å²) in [5, 5.41) is 108. The first-order chi connectivity index (χ1) is 64.9. The smallest absolute Gasteiger partial charge is 0.132 e. The molecule has 0 bridgehead atoms. The van der Waals surface area contributed by atoms with Crippen molar-refractivity contribution in [1.82, 2.24) is 60.0 Å². The number of halogens is 8. The van der Waals surface area contributed by atoms with Gasteiger partial charge in [-0.05, 0) is 232 Å². The minimum Gasteiger partial charge on any atom is -0.492 e. The maximum Gasteiger partial charge on any atom is 0.132 e. The van der Waals surface area contributed by atoms with E-state index >= 15 is 0 Å². The van der Waals surface area contributed by atoms with Gasteiger partial charge in [0.05, 0.1) is 118 Å². The number of rotatable bonds is 48. The van der Waals surface area contributed by atoms with Crippen molar-refractivity contribution >= 4 is 137 Å². The summed E-state index contributed by atoms with van der Waals surface area (Å²) in [5.41, 5.74) is 10.4. The van der Waals surface area contributed by atoms with Crippen LogP contribution in [-0.4, -0.2) is 202 Å². The normalized spacial score (nSPS) is 13.5. The highest BCUT2D eigenvalue weighted by atomic mass is 123. The zero-order valence-corrected chi connectivity index (χ0v) is 90.1. The van der Waals surface area contributed by atoms with Crippen molar-refractivity contribution in [2.24, 2.45) is 23.7 Å². The Hall–Kier alpha value is -7.52. The lowest BCUT2D eigenvalue weighted by atomic mass is 9.78. The molecule has 0 radical (unpaired) electrons. The summed E-state index contributed by atoms with van der Waals surface area (Å²) < 4.78 is 56.9. The quantitative estimate of drug-likeness (QED) is 0.0130. The van der Waals surface area contributed by atoms with Crippen molar-refractivity contribution in [3.05, 3.63) is 276 Å². The van der Waals surface area contributed by atoms with Crippen LogP contribution in [0, 0.1) is 38.0 Å². The highest BCUT2D eigenvalue weighted by molar-refractivity contribution is 14.1. The predicted octanol–water partition coefficient (Wildman–Crippen LogP) is 17.6. The van der Waals surface area contributed by atoms with Crippen molar-refractivity contribution < 1.29 is 78.7 Å². The highest BCUT2D eigenvalue weighted by Gasteiger charge is 2.30. The van der Waals surface area contributed by atoms with E-state index < -0.39 is 24.4 Å². The SMILES string of the molecule is C[C@@H](CCl)COc1ccc(C(C)(C)c2ccc(OC[C@@H](O)Cn3cc(CO)nn3)cc2)cc1[123I].C[C@@H](CCl)COc1ccc(C(C)(C)c2ccc(OC[C@H](O)Cn3cc(CO)nn3)cc2)cc1[123I].C[C@H](CCl)COc1ccc(C(C)(C)c2ccc(OC[C@@H](O)Cn3cc(CO)nn3)cc2)cc1[123I].C[C@H](CCl)COc1ccc(C(C)(C)c2ccc(OC[C@H](O)Cn3cc(CO)nn3)cc2)cc1[123I]. The lowest BCUT2D eigenvalue weighted by Gasteiger charge is -2.27. The third-order valence-corrected chi connectivity index (χ3v) is 27.9. The molecule has 0 aliphatic heterocycles. The van der Waals surface area contributed by atoms with Crippen molar-refractivity contribution in [3.8, 4) is 46.0 Å². The Morgan fingerprint density at radius 1 is 0.272 bits per heavy atom. The minimum absolute atomic E-state index is 0.124. The molecule has 0 unspecified atom stereocenters. The zero-order valence-electron chi connectivity index (χ0n) is 78.5. The number of nitrogens with zero attached hydrogens (tertiary/aromatic N) is 12. The fourth-order valence-electron chi connectivity index (χ4n) is 13.5. The average Bonchev–Trinajstić information content (AvgIpc) is 0.932. The maximum atomic E-state index is 10.2. The number of benzene rings is 8. The molecular formula is C100H124Cl4I4N12O16. The Kier molecular flexibility index (Phi) is 45.4. The van der Waals surface area contributed by atoms with Gasteiger partial charge in [0.15, 0.2) is 0 Å². The lowest BCUT2D eigenvalue weighted by Crippen LogP contribution is -2.24. The van der Waals surface area contributed by atoms with E-state index in [1.165, 1.54) is 41.0 Å². The number of aliphatic hydroxyl groups is 8. The van der Waals surface area contributed by atoms with Crippen molar-refractivity contribution in [3.63, 3.8) is 0 Å². The molecule has 0 aliphatic carbocycles. The summed E-state index contributed by atoms with van der Waals surface area (Å²) in [7, 11) is 0. The molecule has 0 saturated heterocycles. The van der Waals surface area contributed by atoms with Crippen LogP contribution in [0.4, 0.5) is 0 Å². The molecule has 4 heterocycles. The summed E-state index contributed by atoms with van der Waals surface area (Å²) in [6, 6.07) is 56.9. The van der Waals surface area contributed by atoms with Crippen LogP contribution in [-0.2, 0) is 74.3 Å². The molecule has 12 rings (SSSR count). The summed E-state index contributed by atoms with van der Waals surface area (Å²) in [6.07, 6.45) is 3.39. The molecule has 36 heteroatoms. The minimum atomic E-state index is -0.750. The second-order valence-electron chi connectivity index (χ2n) is 35.7. The second-order valence-corrected chi connectivity index (χ2v) is 41.6. The van der Waals surface area contributed by atoms with Crippen LogP contribution in [0.15, 0.2) is 195 Å². The number of hydrogen-bond acceptors (Lipinski definition) is 24. The molecule has 4 aromatic heterocycles. The summed E-state index contributed by atoms with van der Waals surface area (Å²) in [4.78, 5) is 0. The van der Waals surface area contributed by atoms with Gasteiger partial charge in [-0.3, -0.25) is 0 Å². The lowest BCUT2D eigenvalue weighted by molar-refractivity contribution is 0.0887. The molecular weight excluding hydrogens is 2260 g/mol. The standard InChI is InChI=1S/4C25H31ClIN3O4/c4*1-17(11-26)15-34-24-9-6-19(10-23(24)27)25(2,3)18-4-7-22(8-5-18)33-16-21(32)13-30-12-20(14-31)28-29-30/h4*4-10,12,17,21,31-32H,11,13-16H2,1-3H3/t2*17-,21+;2*17-,21-/m1010/s1/i4*27-4. The van der Waals surface area contributed by atoms with E-state index in [0.717, 1.165) is 59.5 Å². The fraction of sp³-hybridized carbons (Fsp3) is 0.440. The number of alkyl halides is 4. The molecule has 8 aromatic carbocycles. The van der Waals surface area contributed by atoms with E-state index in [2.05, 4.69) is 263 Å². The topological polar surface area (TPSA) is 359 Å². The van der Waals surface area contributed by atoms with Gasteiger partial charge in [0.2, 0.25) is 0 Å². The van der Waals surface area contributed by atoms with Crippen LogP contribution in [0.1, 0.15) is 150 Å². The Labute approximate surface area is 871 Å². The Morgan fingerprint density at radius 2 is 0.449 bits per heavy atom. The molecule has 0 saturated carbocycles. The third kappa shape index (κ3) is 34.4. The molecule has 12 aromatic rings. The monoisotopic (exact) mass is 2380 g/mol. The third-order valence-electron chi connectivity index (χ3n) is 22.4. The van der Waals surface area contributed by atoms with E-state index in [1.807, 2.05) is 121 Å². The van der Waals surface area contributed by atoms with E-state index in [4.69, 9.17) is 105 Å². The van der Waals surface area contributed by atoms with Gasteiger partial charge >= 0.3 is 0 Å². The molecule has 136 heavy (non-hydrogen) atoms. The molecule has 0 fully saturated rings. The fourth-order valence-corrected chi connectivity index (χ4v) is 16.6. The highest BCUT2D eigenvalue weighted by Crippen LogP contribution is 2.41. The van der Waals surface area contributed by atoms with Crippen molar-refractivity contribution in [2.45, 2.75) is 182 Å². The van der Waals surface area contributed by atoms with Gasteiger partial charge in [0.1, 0.15) is 120 Å². The van der Waals surface area contributed by atoms with E-state index in [-0.39, 0.29) is 101 Å². The van der Waals surface area contributed by atoms with Crippen LogP contribution < -0.4 is 37.9 Å². The van der Waals surface area contributed by atoms with Gasteiger partial charge in [-0.15, -0.1) is 66.8 Å². The molecule has 8 N–H and O–H groups in total.